The van der Waals surface area contributed by atoms with Gasteiger partial charge in [-0.1, -0.05) is 30.3 Å². The third kappa shape index (κ3) is 2.62. The second-order valence-corrected chi connectivity index (χ2v) is 5.10. The van der Waals surface area contributed by atoms with E-state index in [1.807, 2.05) is 36.4 Å². The monoisotopic (exact) mass is 283 g/mol. The van der Waals surface area contributed by atoms with Crippen LogP contribution in [0.5, 0.6) is 5.75 Å². The summed E-state index contributed by atoms with van der Waals surface area (Å²) in [5, 5.41) is 0. The van der Waals surface area contributed by atoms with Gasteiger partial charge < -0.3 is 15.2 Å². The number of carbonyl (C=O) groups is 1. The van der Waals surface area contributed by atoms with Crippen LogP contribution < -0.4 is 10.5 Å². The second-order valence-electron chi connectivity index (χ2n) is 5.10. The molecule has 4 nitrogen and oxygen atoms in total. The van der Waals surface area contributed by atoms with E-state index in [9.17, 15) is 4.79 Å². The van der Waals surface area contributed by atoms with E-state index in [-0.39, 0.29) is 18.1 Å². The average molecular weight is 283 g/mol. The summed E-state index contributed by atoms with van der Waals surface area (Å²) in [5.74, 6) is 0.492. The third-order valence-electron chi connectivity index (χ3n) is 3.76. The number of hydrogen-bond acceptors (Lipinski definition) is 4. The number of methoxy groups -OCH3 is 1. The summed E-state index contributed by atoms with van der Waals surface area (Å²) >= 11 is 0. The van der Waals surface area contributed by atoms with E-state index in [0.717, 1.165) is 16.9 Å². The van der Waals surface area contributed by atoms with Crippen LogP contribution in [-0.2, 0) is 4.74 Å². The van der Waals surface area contributed by atoms with Crippen molar-refractivity contribution < 1.29 is 14.3 Å². The van der Waals surface area contributed by atoms with Crippen molar-refractivity contribution in [1.29, 1.82) is 0 Å². The Morgan fingerprint density at radius 3 is 2.62 bits per heavy atom. The minimum absolute atomic E-state index is 0.0415. The highest BCUT2D eigenvalue weighted by atomic mass is 16.5. The Hall–Kier alpha value is -2.33. The van der Waals surface area contributed by atoms with Gasteiger partial charge in [0, 0.05) is 18.0 Å². The van der Waals surface area contributed by atoms with E-state index in [1.165, 1.54) is 7.11 Å². The third-order valence-corrected chi connectivity index (χ3v) is 3.76. The number of carbonyl (C=O) groups excluding carboxylic acids is 1. The van der Waals surface area contributed by atoms with Crippen LogP contribution in [-0.4, -0.2) is 13.1 Å². The quantitative estimate of drug-likeness (QED) is 0.861. The Kier molecular flexibility index (Phi) is 3.62. The summed E-state index contributed by atoms with van der Waals surface area (Å²) < 4.78 is 10.7. The zero-order valence-electron chi connectivity index (χ0n) is 11.8. The minimum Gasteiger partial charge on any atom is -0.485 e. The van der Waals surface area contributed by atoms with Crippen molar-refractivity contribution in [2.45, 2.75) is 18.6 Å². The van der Waals surface area contributed by atoms with Gasteiger partial charge in [-0.2, -0.15) is 0 Å². The fourth-order valence-corrected chi connectivity index (χ4v) is 2.61. The predicted octanol–water partition coefficient (Wildman–Crippen LogP) is 3.00. The molecule has 21 heavy (non-hydrogen) atoms. The van der Waals surface area contributed by atoms with Crippen molar-refractivity contribution in [2.24, 2.45) is 5.73 Å². The summed E-state index contributed by atoms with van der Waals surface area (Å²) in [6.07, 6.45) is 0.621. The maximum Gasteiger partial charge on any atom is 0.337 e. The fraction of sp³-hybridized carbons (Fsp3) is 0.235. The van der Waals surface area contributed by atoms with Crippen molar-refractivity contribution >= 4 is 5.97 Å². The van der Waals surface area contributed by atoms with Gasteiger partial charge in [-0.05, 0) is 23.8 Å². The van der Waals surface area contributed by atoms with Gasteiger partial charge in [0.1, 0.15) is 11.9 Å². The van der Waals surface area contributed by atoms with E-state index < -0.39 is 0 Å². The molecular formula is C17H17NO3. The first-order valence-electron chi connectivity index (χ1n) is 6.88. The van der Waals surface area contributed by atoms with Crippen molar-refractivity contribution in [3.05, 3.63) is 65.2 Å². The largest absolute Gasteiger partial charge is 0.485 e. The van der Waals surface area contributed by atoms with Crippen LogP contribution >= 0.6 is 0 Å². The van der Waals surface area contributed by atoms with E-state index in [1.54, 1.807) is 12.1 Å². The van der Waals surface area contributed by atoms with Gasteiger partial charge in [0.05, 0.1) is 12.7 Å². The summed E-state index contributed by atoms with van der Waals surface area (Å²) in [5.41, 5.74) is 8.80. The molecule has 0 spiro atoms. The number of esters is 1. The number of rotatable bonds is 2. The topological polar surface area (TPSA) is 61.5 Å². The molecule has 0 saturated carbocycles. The zero-order chi connectivity index (χ0) is 14.8. The Morgan fingerprint density at radius 2 is 1.90 bits per heavy atom. The molecule has 0 radical (unpaired) electrons. The molecular weight excluding hydrogens is 266 g/mol. The van der Waals surface area contributed by atoms with Gasteiger partial charge in [-0.15, -0.1) is 0 Å². The van der Waals surface area contributed by atoms with Gasteiger partial charge in [0.25, 0.3) is 0 Å². The Morgan fingerprint density at radius 1 is 1.19 bits per heavy atom. The lowest BCUT2D eigenvalue weighted by atomic mass is 9.93. The van der Waals surface area contributed by atoms with Crippen LogP contribution in [0.4, 0.5) is 0 Å². The van der Waals surface area contributed by atoms with Gasteiger partial charge in [0.15, 0.2) is 0 Å². The number of para-hydroxylation sites is 1. The Balaban J connectivity index is 1.84. The summed E-state index contributed by atoms with van der Waals surface area (Å²) in [6, 6.07) is 15.1. The molecule has 0 saturated heterocycles. The molecule has 2 atom stereocenters. The van der Waals surface area contributed by atoms with Crippen molar-refractivity contribution in [3.63, 3.8) is 0 Å². The first kappa shape index (κ1) is 13.6. The van der Waals surface area contributed by atoms with Crippen molar-refractivity contribution in [1.82, 2.24) is 0 Å². The highest BCUT2D eigenvalue weighted by Crippen LogP contribution is 2.39. The number of ether oxygens (including phenoxy) is 2. The molecule has 0 amide bonds. The molecule has 4 heteroatoms. The SMILES string of the molecule is COC(=O)c1ccc([C@H]2C[C@@H](N)c3ccccc3O2)cc1. The summed E-state index contributed by atoms with van der Waals surface area (Å²) in [7, 11) is 1.37. The predicted molar refractivity (Wildman–Crippen MR) is 79.1 cm³/mol. The first-order valence-corrected chi connectivity index (χ1v) is 6.88. The lowest BCUT2D eigenvalue weighted by Crippen LogP contribution is -2.24. The molecule has 1 heterocycles. The fourth-order valence-electron chi connectivity index (χ4n) is 2.61. The first-order chi connectivity index (χ1) is 10.2. The van der Waals surface area contributed by atoms with Crippen LogP contribution in [0.15, 0.2) is 48.5 Å². The smallest absolute Gasteiger partial charge is 0.337 e. The maximum atomic E-state index is 11.4. The molecule has 108 valence electrons. The molecule has 2 aromatic rings. The van der Waals surface area contributed by atoms with Gasteiger partial charge >= 0.3 is 5.97 Å². The molecule has 2 N–H and O–H groups in total. The molecule has 0 fully saturated rings. The second kappa shape index (κ2) is 5.58. The highest BCUT2D eigenvalue weighted by molar-refractivity contribution is 5.89. The van der Waals surface area contributed by atoms with Crippen LogP contribution in [0.1, 0.15) is 40.1 Å². The van der Waals surface area contributed by atoms with Crippen LogP contribution in [0.2, 0.25) is 0 Å². The highest BCUT2D eigenvalue weighted by Gasteiger charge is 2.26. The van der Waals surface area contributed by atoms with E-state index in [4.69, 9.17) is 15.2 Å². The van der Waals surface area contributed by atoms with Crippen LogP contribution in [0.3, 0.4) is 0 Å². The standard InChI is InChI=1S/C17H17NO3/c1-20-17(19)12-8-6-11(7-9-12)16-10-14(18)13-4-2-3-5-15(13)21-16/h2-9,14,16H,10,18H2,1H3/t14-,16-/m1/s1. The molecule has 1 aliphatic rings. The van der Waals surface area contributed by atoms with Crippen molar-refractivity contribution in [2.75, 3.05) is 7.11 Å². The average Bonchev–Trinajstić information content (AvgIpc) is 2.54. The summed E-state index contributed by atoms with van der Waals surface area (Å²) in [4.78, 5) is 11.4. The summed E-state index contributed by atoms with van der Waals surface area (Å²) in [6.45, 7) is 0. The number of fused-ring (bicyclic) bond motifs is 1. The number of benzene rings is 2. The molecule has 0 unspecified atom stereocenters. The van der Waals surface area contributed by atoms with Gasteiger partial charge in [-0.25, -0.2) is 4.79 Å². The minimum atomic E-state index is -0.340. The van der Waals surface area contributed by atoms with E-state index in [2.05, 4.69) is 0 Å². The molecule has 0 aromatic heterocycles. The zero-order valence-corrected chi connectivity index (χ0v) is 11.8. The lowest BCUT2D eigenvalue weighted by Gasteiger charge is -2.30. The lowest BCUT2D eigenvalue weighted by molar-refractivity contribution is 0.0600. The van der Waals surface area contributed by atoms with Crippen LogP contribution in [0.25, 0.3) is 0 Å². The molecule has 1 aliphatic heterocycles. The Bertz CT molecular complexity index is 651. The molecule has 3 rings (SSSR count). The van der Waals surface area contributed by atoms with Gasteiger partial charge in [0.2, 0.25) is 0 Å². The number of hydrogen-bond donors (Lipinski definition) is 1. The number of nitrogens with two attached hydrogens (primary N) is 1. The molecule has 2 aromatic carbocycles. The van der Waals surface area contributed by atoms with Gasteiger partial charge in [-0.3, -0.25) is 0 Å². The van der Waals surface area contributed by atoms with E-state index >= 15 is 0 Å². The maximum absolute atomic E-state index is 11.4. The van der Waals surface area contributed by atoms with Crippen LogP contribution in [0, 0.1) is 0 Å². The normalized spacial score (nSPS) is 20.3. The molecule has 0 bridgehead atoms. The molecule has 0 aliphatic carbocycles. The van der Waals surface area contributed by atoms with Crippen molar-refractivity contribution in [3.8, 4) is 5.75 Å². The Labute approximate surface area is 123 Å². The van der Waals surface area contributed by atoms with E-state index in [0.29, 0.717) is 12.0 Å².